The summed E-state index contributed by atoms with van der Waals surface area (Å²) in [5.74, 6) is -0.291. The van der Waals surface area contributed by atoms with Crippen LogP contribution in [0.25, 0.3) is 0 Å². The van der Waals surface area contributed by atoms with Crippen LogP contribution < -0.4 is 10.4 Å². The third kappa shape index (κ3) is 7.25. The van der Waals surface area contributed by atoms with Crippen molar-refractivity contribution in [2.75, 3.05) is 13.7 Å². The summed E-state index contributed by atoms with van der Waals surface area (Å²) in [5.41, 5.74) is 1.64. The Morgan fingerprint density at radius 2 is 1.53 bits per heavy atom. The first kappa shape index (κ1) is 30.6. The van der Waals surface area contributed by atoms with Crippen LogP contribution in [-0.2, 0) is 14.0 Å². The highest BCUT2D eigenvalue weighted by Gasteiger charge is 2.49. The van der Waals surface area contributed by atoms with Crippen LogP contribution in [0.1, 0.15) is 48.0 Å². The van der Waals surface area contributed by atoms with Crippen LogP contribution >= 0.6 is 22.6 Å². The number of methoxy groups -OCH3 is 1. The molecule has 0 saturated heterocycles. The molecule has 4 nitrogen and oxygen atoms in total. The number of allylic oxidation sites excluding steroid dienone is 1. The summed E-state index contributed by atoms with van der Waals surface area (Å²) in [6, 6.07) is 21.1. The lowest BCUT2D eigenvalue weighted by molar-refractivity contribution is -0.118. The first-order valence-corrected chi connectivity index (χ1v) is 15.6. The fraction of sp³-hybridized carbons (Fsp3) is 0.433. The summed E-state index contributed by atoms with van der Waals surface area (Å²) in [4.78, 5) is 12.3. The average molecular weight is 621 g/mol. The van der Waals surface area contributed by atoms with E-state index in [2.05, 4.69) is 98.0 Å². The monoisotopic (exact) mass is 620 g/mol. The van der Waals surface area contributed by atoms with Crippen molar-refractivity contribution in [3.63, 3.8) is 0 Å². The third-order valence-electron chi connectivity index (χ3n) is 6.91. The van der Waals surface area contributed by atoms with E-state index in [0.29, 0.717) is 12.2 Å². The van der Waals surface area contributed by atoms with Crippen LogP contribution in [0.3, 0.4) is 0 Å². The maximum atomic E-state index is 12.3. The SMILES string of the molecule is CO[C@@H](/C(C)=C/CO[Si](c1ccccc1)(c1ccccc1)C(C)(C)C)[C@@H](C)[C@H](O)CC(=O)/C(C)=C/I. The summed E-state index contributed by atoms with van der Waals surface area (Å²) in [5, 5.41) is 13.1. The van der Waals surface area contributed by atoms with Crippen LogP contribution in [-0.4, -0.2) is 45.1 Å². The molecule has 2 rings (SSSR count). The molecule has 3 atom stereocenters. The lowest BCUT2D eigenvalue weighted by Crippen LogP contribution is -2.66. The lowest BCUT2D eigenvalue weighted by Gasteiger charge is -2.43. The van der Waals surface area contributed by atoms with Gasteiger partial charge in [-0.3, -0.25) is 4.79 Å². The van der Waals surface area contributed by atoms with Gasteiger partial charge < -0.3 is 14.3 Å². The Hall–Kier alpha value is -1.58. The largest absolute Gasteiger partial charge is 0.404 e. The molecule has 1 N–H and O–H groups in total. The Bertz CT molecular complexity index is 988. The predicted molar refractivity (Wildman–Crippen MR) is 161 cm³/mol. The van der Waals surface area contributed by atoms with Crippen molar-refractivity contribution in [3.05, 3.63) is 82.0 Å². The van der Waals surface area contributed by atoms with Crippen LogP contribution in [0.2, 0.25) is 5.04 Å². The highest BCUT2D eigenvalue weighted by atomic mass is 127. The number of ether oxygens (including phenoxy) is 1. The second-order valence-electron chi connectivity index (χ2n) is 10.4. The smallest absolute Gasteiger partial charge is 0.261 e. The van der Waals surface area contributed by atoms with Gasteiger partial charge in [0.05, 0.1) is 18.8 Å². The molecule has 0 bridgehead atoms. The van der Waals surface area contributed by atoms with Crippen molar-refractivity contribution in [2.24, 2.45) is 5.92 Å². The van der Waals surface area contributed by atoms with Crippen molar-refractivity contribution in [3.8, 4) is 0 Å². The van der Waals surface area contributed by atoms with Gasteiger partial charge in [-0.1, -0.05) is 117 Å². The fourth-order valence-electron chi connectivity index (χ4n) is 4.79. The Kier molecular flexibility index (Phi) is 11.8. The minimum absolute atomic E-state index is 0.0461. The quantitative estimate of drug-likeness (QED) is 0.141. The lowest BCUT2D eigenvalue weighted by atomic mass is 9.89. The van der Waals surface area contributed by atoms with Gasteiger partial charge in [0.25, 0.3) is 8.32 Å². The first-order valence-electron chi connectivity index (χ1n) is 12.4. The standard InChI is InChI=1S/C30H41IO4Si/c1-22(29(34-7)24(3)28(33)20-27(32)23(2)21-31)18-19-35-36(30(4,5)6,25-14-10-8-11-15-25)26-16-12-9-13-17-26/h8-18,21,24,28-29,33H,19-20H2,1-7H3/b22-18+,23-21+/t24-,28+,29-/m0/s1. The van der Waals surface area contributed by atoms with Gasteiger partial charge in [-0.2, -0.15) is 0 Å². The molecule has 0 fully saturated rings. The van der Waals surface area contributed by atoms with Gasteiger partial charge in [0.1, 0.15) is 0 Å². The van der Waals surface area contributed by atoms with E-state index in [-0.39, 0.29) is 29.3 Å². The number of halogens is 1. The molecule has 2 aromatic rings. The molecular formula is C30H41IO4Si. The van der Waals surface area contributed by atoms with Crippen molar-refractivity contribution >= 4 is 47.1 Å². The Labute approximate surface area is 232 Å². The number of ketones is 1. The Morgan fingerprint density at radius 3 is 1.94 bits per heavy atom. The molecule has 0 aliphatic rings. The molecular weight excluding hydrogens is 579 g/mol. The number of Topliss-reactive ketones (excluding diaryl/α,β-unsaturated/α-hetero) is 1. The van der Waals surface area contributed by atoms with Gasteiger partial charge >= 0.3 is 0 Å². The van der Waals surface area contributed by atoms with Crippen LogP contribution in [0.5, 0.6) is 0 Å². The zero-order valence-electron chi connectivity index (χ0n) is 22.6. The van der Waals surface area contributed by atoms with Gasteiger partial charge in [0.2, 0.25) is 0 Å². The summed E-state index contributed by atoms with van der Waals surface area (Å²) >= 11 is 2.05. The molecule has 0 spiro atoms. The fourth-order valence-corrected chi connectivity index (χ4v) is 9.63. The first-order chi connectivity index (χ1) is 17.0. The molecule has 0 aliphatic heterocycles. The molecule has 2 aromatic carbocycles. The van der Waals surface area contributed by atoms with E-state index < -0.39 is 14.4 Å². The summed E-state index contributed by atoms with van der Waals surface area (Å²) in [6.07, 6.45) is 1.03. The number of rotatable bonds is 12. The minimum atomic E-state index is -2.64. The topological polar surface area (TPSA) is 55.8 Å². The molecule has 0 aromatic heterocycles. The van der Waals surface area contributed by atoms with Crippen LogP contribution in [0.15, 0.2) is 82.0 Å². The zero-order valence-corrected chi connectivity index (χ0v) is 25.8. The van der Waals surface area contributed by atoms with Crippen LogP contribution in [0, 0.1) is 5.92 Å². The molecule has 0 radical (unpaired) electrons. The van der Waals surface area contributed by atoms with Gasteiger partial charge in [0, 0.05) is 19.4 Å². The van der Waals surface area contributed by atoms with E-state index in [1.54, 1.807) is 18.1 Å². The third-order valence-corrected chi connectivity index (χ3v) is 12.8. The van der Waals surface area contributed by atoms with E-state index in [1.807, 2.05) is 26.0 Å². The van der Waals surface area contributed by atoms with Gasteiger partial charge in [0.15, 0.2) is 5.78 Å². The molecule has 196 valence electrons. The van der Waals surface area contributed by atoms with Crippen molar-refractivity contribution < 1.29 is 19.1 Å². The summed E-state index contributed by atoms with van der Waals surface area (Å²) in [7, 11) is -0.990. The normalized spacial score (nSPS) is 15.9. The maximum Gasteiger partial charge on any atom is 0.261 e. The molecule has 0 saturated carbocycles. The number of aliphatic hydroxyl groups excluding tert-OH is 1. The van der Waals surface area contributed by atoms with Crippen molar-refractivity contribution in [2.45, 2.75) is 65.2 Å². The van der Waals surface area contributed by atoms with Gasteiger partial charge in [-0.15, -0.1) is 0 Å². The predicted octanol–water partition coefficient (Wildman–Crippen LogP) is 5.82. The van der Waals surface area contributed by atoms with E-state index in [1.165, 1.54) is 10.4 Å². The van der Waals surface area contributed by atoms with E-state index in [4.69, 9.17) is 9.16 Å². The van der Waals surface area contributed by atoms with Gasteiger partial charge in [-0.25, -0.2) is 0 Å². The van der Waals surface area contributed by atoms with Crippen LogP contribution in [0.4, 0.5) is 0 Å². The summed E-state index contributed by atoms with van der Waals surface area (Å²) < 4.78 is 14.5. The Morgan fingerprint density at radius 1 is 1.03 bits per heavy atom. The zero-order chi connectivity index (χ0) is 26.9. The molecule has 36 heavy (non-hydrogen) atoms. The second kappa shape index (κ2) is 13.8. The van der Waals surface area contributed by atoms with Crippen molar-refractivity contribution in [1.82, 2.24) is 0 Å². The maximum absolute atomic E-state index is 12.3. The molecule has 0 amide bonds. The molecule has 0 unspecified atom stereocenters. The Balaban J connectivity index is 2.33. The number of hydrogen-bond acceptors (Lipinski definition) is 4. The highest BCUT2D eigenvalue weighted by Crippen LogP contribution is 2.36. The summed E-state index contributed by atoms with van der Waals surface area (Å²) in [6.45, 7) is 12.9. The molecule has 0 heterocycles. The number of carbonyl (C=O) groups excluding carboxylic acids is 1. The second-order valence-corrected chi connectivity index (χ2v) is 15.4. The molecule has 6 heteroatoms. The average Bonchev–Trinajstić information content (AvgIpc) is 2.86. The number of aliphatic hydroxyl groups is 1. The number of hydrogen-bond donors (Lipinski definition) is 1. The number of carbonyl (C=O) groups is 1. The van der Waals surface area contributed by atoms with E-state index >= 15 is 0 Å². The molecule has 0 aliphatic carbocycles. The minimum Gasteiger partial charge on any atom is -0.404 e. The number of benzene rings is 2. The van der Waals surface area contributed by atoms with E-state index in [9.17, 15) is 9.90 Å². The highest BCUT2D eigenvalue weighted by molar-refractivity contribution is 14.1. The van der Waals surface area contributed by atoms with Gasteiger partial charge in [-0.05, 0) is 44.5 Å². The van der Waals surface area contributed by atoms with E-state index in [0.717, 1.165) is 5.57 Å². The van der Waals surface area contributed by atoms with Crippen molar-refractivity contribution in [1.29, 1.82) is 0 Å².